The molecule has 2 aromatic rings. The van der Waals surface area contributed by atoms with E-state index in [0.29, 0.717) is 21.7 Å². The van der Waals surface area contributed by atoms with E-state index in [1.807, 2.05) is 0 Å². The summed E-state index contributed by atoms with van der Waals surface area (Å²) in [5.41, 5.74) is -0.0437. The lowest BCUT2D eigenvalue weighted by molar-refractivity contribution is -0.137. The molecule has 150 valence electrons. The van der Waals surface area contributed by atoms with Crippen molar-refractivity contribution in [3.8, 4) is 0 Å². The average molecular weight is 427 g/mol. The van der Waals surface area contributed by atoms with Gasteiger partial charge in [-0.2, -0.15) is 13.2 Å². The summed E-state index contributed by atoms with van der Waals surface area (Å²) in [5, 5.41) is 4.32. The maximum atomic E-state index is 12.7. The largest absolute Gasteiger partial charge is 0.417 e. The molecule has 3 fully saturated rings. The molecule has 1 aromatic carbocycles. The number of carbonyl (C=O) groups excluding carboxylic acids is 1. The van der Waals surface area contributed by atoms with E-state index in [0.717, 1.165) is 53.6 Å². The molecule has 1 N–H and O–H groups in total. The number of nitrogens with zero attached hydrogens (tertiary/aromatic N) is 1. The maximum absolute atomic E-state index is 12.7. The molecule has 0 radical (unpaired) electrons. The summed E-state index contributed by atoms with van der Waals surface area (Å²) >= 11 is 2.34. The van der Waals surface area contributed by atoms with Crippen molar-refractivity contribution >= 4 is 29.0 Å². The minimum atomic E-state index is -4.32. The van der Waals surface area contributed by atoms with Crippen LogP contribution >= 0.6 is 23.1 Å². The predicted molar refractivity (Wildman–Crippen MR) is 105 cm³/mol. The van der Waals surface area contributed by atoms with Crippen LogP contribution in [0.2, 0.25) is 0 Å². The van der Waals surface area contributed by atoms with E-state index in [2.05, 4.69) is 17.1 Å². The summed E-state index contributed by atoms with van der Waals surface area (Å²) in [4.78, 5) is 15.9. The monoisotopic (exact) mass is 426 g/mol. The lowest BCUT2D eigenvalue weighted by Crippen LogP contribution is -2.62. The highest BCUT2D eigenvalue weighted by molar-refractivity contribution is 8.01. The number of thiophene rings is 1. The Kier molecular flexibility index (Phi) is 5.46. The quantitative estimate of drug-likeness (QED) is 0.736. The molecular formula is C20H21F3N2OS2. The van der Waals surface area contributed by atoms with Gasteiger partial charge in [0.2, 0.25) is 0 Å². The van der Waals surface area contributed by atoms with Gasteiger partial charge >= 0.3 is 6.18 Å². The Bertz CT molecular complexity index is 840. The van der Waals surface area contributed by atoms with Gasteiger partial charge in [-0.25, -0.2) is 0 Å². The third-order valence-corrected chi connectivity index (χ3v) is 7.80. The van der Waals surface area contributed by atoms with Crippen LogP contribution in [-0.2, 0) is 6.18 Å². The number of carbonyl (C=O) groups is 1. The van der Waals surface area contributed by atoms with Crippen molar-refractivity contribution in [1.29, 1.82) is 0 Å². The zero-order valence-electron chi connectivity index (χ0n) is 15.3. The summed E-state index contributed by atoms with van der Waals surface area (Å²) in [6.45, 7) is 4.40. The van der Waals surface area contributed by atoms with Gasteiger partial charge in [0.1, 0.15) is 0 Å². The number of amides is 1. The zero-order valence-corrected chi connectivity index (χ0v) is 17.0. The lowest BCUT2D eigenvalue weighted by Gasteiger charge is -2.49. The molecule has 0 unspecified atom stereocenters. The molecule has 0 aliphatic carbocycles. The first-order valence-electron chi connectivity index (χ1n) is 9.30. The van der Waals surface area contributed by atoms with Crippen molar-refractivity contribution in [1.82, 2.24) is 10.2 Å². The molecule has 1 amide bonds. The zero-order chi connectivity index (χ0) is 19.9. The van der Waals surface area contributed by atoms with Gasteiger partial charge in [-0.15, -0.1) is 11.3 Å². The van der Waals surface area contributed by atoms with Gasteiger partial charge < -0.3 is 5.32 Å². The standard InChI is InChI=1S/C20H21F3N2OS2/c1-12-18(13-6-8-25(12)9-7-13)24-19(26)14-2-4-16(5-3-14)28-17-10-15(11-27-17)20(21,22)23/h2-5,10-13,18H,6-9H2,1H3,(H,24,26)/t12-,18-/m0/s1. The first-order chi connectivity index (χ1) is 13.3. The summed E-state index contributed by atoms with van der Waals surface area (Å²) in [6, 6.07) is 8.73. The molecule has 4 heterocycles. The highest BCUT2D eigenvalue weighted by Gasteiger charge is 2.40. The molecule has 0 saturated carbocycles. The number of nitrogens with one attached hydrogen (secondary N) is 1. The molecule has 2 bridgehead atoms. The van der Waals surface area contributed by atoms with Crippen LogP contribution in [0.3, 0.4) is 0 Å². The fourth-order valence-corrected chi connectivity index (χ4v) is 6.04. The Morgan fingerprint density at radius 2 is 1.89 bits per heavy atom. The molecule has 28 heavy (non-hydrogen) atoms. The molecule has 3 saturated heterocycles. The number of benzene rings is 1. The minimum Gasteiger partial charge on any atom is -0.347 e. The number of halogens is 3. The smallest absolute Gasteiger partial charge is 0.347 e. The van der Waals surface area contributed by atoms with Crippen molar-refractivity contribution < 1.29 is 18.0 Å². The van der Waals surface area contributed by atoms with Crippen molar-refractivity contribution in [3.63, 3.8) is 0 Å². The fraction of sp³-hybridized carbons (Fsp3) is 0.450. The van der Waals surface area contributed by atoms with Crippen LogP contribution in [0, 0.1) is 5.92 Å². The average Bonchev–Trinajstić information content (AvgIpc) is 3.14. The van der Waals surface area contributed by atoms with Crippen LogP contribution in [0.1, 0.15) is 35.7 Å². The van der Waals surface area contributed by atoms with Gasteiger partial charge in [0.15, 0.2) is 0 Å². The number of piperidine rings is 3. The Morgan fingerprint density at radius 1 is 1.21 bits per heavy atom. The molecule has 8 heteroatoms. The molecule has 3 aliphatic heterocycles. The third-order valence-electron chi connectivity index (χ3n) is 5.71. The summed E-state index contributed by atoms with van der Waals surface area (Å²) < 4.78 is 38.7. The van der Waals surface area contributed by atoms with Crippen LogP contribution < -0.4 is 5.32 Å². The van der Waals surface area contributed by atoms with Gasteiger partial charge in [0, 0.05) is 27.9 Å². The number of hydrogen-bond acceptors (Lipinski definition) is 4. The van der Waals surface area contributed by atoms with Crippen molar-refractivity contribution in [2.24, 2.45) is 5.92 Å². The topological polar surface area (TPSA) is 32.3 Å². The minimum absolute atomic E-state index is 0.0855. The number of alkyl halides is 3. The van der Waals surface area contributed by atoms with Gasteiger partial charge in [-0.05, 0) is 69.1 Å². The van der Waals surface area contributed by atoms with E-state index in [-0.39, 0.29) is 11.9 Å². The van der Waals surface area contributed by atoms with Crippen LogP contribution in [0.15, 0.2) is 44.8 Å². The van der Waals surface area contributed by atoms with Crippen molar-refractivity contribution in [2.75, 3.05) is 13.1 Å². The molecule has 5 rings (SSSR count). The molecule has 3 aliphatic rings. The van der Waals surface area contributed by atoms with E-state index in [4.69, 9.17) is 0 Å². The Labute approximate surface area is 170 Å². The van der Waals surface area contributed by atoms with Crippen molar-refractivity contribution in [3.05, 3.63) is 46.8 Å². The van der Waals surface area contributed by atoms with Gasteiger partial charge in [0.05, 0.1) is 9.77 Å². The second kappa shape index (κ2) is 7.72. The third kappa shape index (κ3) is 4.09. The van der Waals surface area contributed by atoms with E-state index in [9.17, 15) is 18.0 Å². The highest BCUT2D eigenvalue weighted by Crippen LogP contribution is 2.39. The van der Waals surface area contributed by atoms with Crippen LogP contribution in [-0.4, -0.2) is 36.0 Å². The van der Waals surface area contributed by atoms with Crippen molar-refractivity contribution in [2.45, 2.75) is 47.1 Å². The maximum Gasteiger partial charge on any atom is 0.417 e. The summed E-state index contributed by atoms with van der Waals surface area (Å²) in [5.74, 6) is 0.457. The van der Waals surface area contributed by atoms with Crippen LogP contribution in [0.25, 0.3) is 0 Å². The SMILES string of the molecule is C[C@H]1[C@H](NC(=O)c2ccc(Sc3cc(C(F)(F)F)cs3)cc2)C2CCN1CC2. The first-order valence-corrected chi connectivity index (χ1v) is 11.0. The van der Waals surface area contributed by atoms with Gasteiger partial charge in [-0.3, -0.25) is 9.69 Å². The number of rotatable bonds is 4. The van der Waals surface area contributed by atoms with Crippen LogP contribution in [0.5, 0.6) is 0 Å². The van der Waals surface area contributed by atoms with E-state index >= 15 is 0 Å². The Hall–Kier alpha value is -1.51. The first kappa shape index (κ1) is 19.8. The Morgan fingerprint density at radius 3 is 2.46 bits per heavy atom. The second-order valence-corrected chi connectivity index (χ2v) is 9.68. The van der Waals surface area contributed by atoms with E-state index < -0.39 is 11.7 Å². The Balaban J connectivity index is 1.39. The van der Waals surface area contributed by atoms with Gasteiger partial charge in [0.25, 0.3) is 5.91 Å². The lowest BCUT2D eigenvalue weighted by atomic mass is 9.79. The van der Waals surface area contributed by atoms with Gasteiger partial charge in [-0.1, -0.05) is 11.8 Å². The van der Waals surface area contributed by atoms with Crippen LogP contribution in [0.4, 0.5) is 13.2 Å². The summed E-state index contributed by atoms with van der Waals surface area (Å²) in [7, 11) is 0. The molecule has 3 nitrogen and oxygen atoms in total. The highest BCUT2D eigenvalue weighted by atomic mass is 32.2. The summed E-state index contributed by atoms with van der Waals surface area (Å²) in [6.07, 6.45) is -2.05. The molecule has 1 aromatic heterocycles. The molecule has 2 atom stereocenters. The number of hydrogen-bond donors (Lipinski definition) is 1. The molecule has 0 spiro atoms. The number of fused-ring (bicyclic) bond motifs is 3. The van der Waals surface area contributed by atoms with E-state index in [1.54, 1.807) is 24.3 Å². The van der Waals surface area contributed by atoms with E-state index in [1.165, 1.54) is 11.8 Å². The fourth-order valence-electron chi connectivity index (χ4n) is 4.09. The normalized spacial score (nSPS) is 27.0. The second-order valence-electron chi connectivity index (χ2n) is 7.39. The molecular weight excluding hydrogens is 405 g/mol. The predicted octanol–water partition coefficient (Wildman–Crippen LogP) is 5.13.